The summed E-state index contributed by atoms with van der Waals surface area (Å²) in [7, 11) is 0. The van der Waals surface area contributed by atoms with Crippen LogP contribution in [0.25, 0.3) is 0 Å². The molecule has 0 fully saturated rings. The number of nitrogen functional groups attached to an aromatic ring is 1. The molecule has 3 nitrogen and oxygen atoms in total. The maximum Gasteiger partial charge on any atom is 0.109 e. The predicted octanol–water partition coefficient (Wildman–Crippen LogP) is 3.92. The second-order valence-corrected chi connectivity index (χ2v) is 3.98. The quantitative estimate of drug-likeness (QED) is 0.488. The fourth-order valence-corrected chi connectivity index (χ4v) is 1.52. The number of anilines is 1. The molecule has 0 unspecified atom stereocenters. The van der Waals surface area contributed by atoms with Crippen LogP contribution in [0.5, 0.6) is 0 Å². The summed E-state index contributed by atoms with van der Waals surface area (Å²) in [5.74, 6) is 0. The van der Waals surface area contributed by atoms with Gasteiger partial charge in [0.1, 0.15) is 5.69 Å². The van der Waals surface area contributed by atoms with Crippen molar-refractivity contribution in [2.75, 3.05) is 5.73 Å². The van der Waals surface area contributed by atoms with E-state index in [0.717, 1.165) is 16.9 Å². The van der Waals surface area contributed by atoms with E-state index in [1.165, 1.54) is 5.56 Å². The minimum Gasteiger partial charge on any atom is -0.397 e. The monoisotopic (exact) mass is 248 g/mol. The van der Waals surface area contributed by atoms with Gasteiger partial charge in [0.25, 0.3) is 0 Å². The fraction of sp³-hybridized carbons (Fsp3) is 0.143. The van der Waals surface area contributed by atoms with Crippen LogP contribution in [0.1, 0.15) is 11.1 Å². The maximum atomic E-state index is 5.99. The molecular formula is C14H15N3Na. The first-order chi connectivity index (χ1) is 8.18. The van der Waals surface area contributed by atoms with Crippen LogP contribution in [0.4, 0.5) is 17.1 Å². The molecule has 0 heterocycles. The zero-order valence-corrected chi connectivity index (χ0v) is 13.0. The Kier molecular flexibility index (Phi) is 5.54. The van der Waals surface area contributed by atoms with Gasteiger partial charge in [-0.1, -0.05) is 24.3 Å². The molecule has 4 heteroatoms. The van der Waals surface area contributed by atoms with Crippen molar-refractivity contribution < 1.29 is 0 Å². The Balaban J connectivity index is 0.00000162. The molecule has 0 saturated heterocycles. The Labute approximate surface area is 129 Å². The summed E-state index contributed by atoms with van der Waals surface area (Å²) >= 11 is 0. The first-order valence-electron chi connectivity index (χ1n) is 5.51. The first-order valence-corrected chi connectivity index (χ1v) is 5.51. The van der Waals surface area contributed by atoms with Crippen molar-refractivity contribution in [3.63, 3.8) is 0 Å². The Bertz CT molecular complexity index is 550. The molecule has 0 aliphatic rings. The van der Waals surface area contributed by atoms with E-state index in [-0.39, 0.29) is 29.6 Å². The molecule has 0 aliphatic carbocycles. The Morgan fingerprint density at radius 2 is 1.56 bits per heavy atom. The normalized spacial score (nSPS) is 10.3. The molecular weight excluding hydrogens is 233 g/mol. The fourth-order valence-electron chi connectivity index (χ4n) is 1.52. The molecule has 87 valence electrons. The molecule has 0 saturated carbocycles. The van der Waals surface area contributed by atoms with Gasteiger partial charge in [0, 0.05) is 29.6 Å². The second kappa shape index (κ2) is 6.69. The molecule has 0 aromatic heterocycles. The number of nitrogens with zero attached hydrogens (tertiary/aromatic N) is 2. The summed E-state index contributed by atoms with van der Waals surface area (Å²) < 4.78 is 0. The standard InChI is InChI=1S/C14H15N3.Na/c1-10-8-9-13(14(15)11(10)2)17-16-12-6-4-3-5-7-12;/h3-9H,15H2,1-2H3;. The number of aryl methyl sites for hydroxylation is 1. The van der Waals surface area contributed by atoms with Gasteiger partial charge in [-0.05, 0) is 43.2 Å². The van der Waals surface area contributed by atoms with Crippen LogP contribution in [0.15, 0.2) is 52.7 Å². The van der Waals surface area contributed by atoms with E-state index in [1.807, 2.05) is 56.3 Å². The molecule has 2 rings (SSSR count). The molecule has 0 aliphatic heterocycles. The largest absolute Gasteiger partial charge is 0.397 e. The van der Waals surface area contributed by atoms with Crippen molar-refractivity contribution in [3.8, 4) is 0 Å². The van der Waals surface area contributed by atoms with Crippen LogP contribution < -0.4 is 5.73 Å². The topological polar surface area (TPSA) is 50.7 Å². The minimum atomic E-state index is 0. The number of benzene rings is 2. The Morgan fingerprint density at radius 3 is 2.22 bits per heavy atom. The molecule has 18 heavy (non-hydrogen) atoms. The van der Waals surface area contributed by atoms with E-state index < -0.39 is 0 Å². The van der Waals surface area contributed by atoms with Crippen LogP contribution in [-0.2, 0) is 0 Å². The van der Waals surface area contributed by atoms with Crippen LogP contribution in [0.2, 0.25) is 0 Å². The van der Waals surface area contributed by atoms with Gasteiger partial charge in [0.2, 0.25) is 0 Å². The summed E-state index contributed by atoms with van der Waals surface area (Å²) in [6, 6.07) is 13.5. The smallest absolute Gasteiger partial charge is 0.109 e. The number of rotatable bonds is 2. The Morgan fingerprint density at radius 1 is 0.889 bits per heavy atom. The zero-order chi connectivity index (χ0) is 12.3. The summed E-state index contributed by atoms with van der Waals surface area (Å²) in [5, 5.41) is 8.33. The van der Waals surface area contributed by atoms with E-state index in [0.29, 0.717) is 5.69 Å². The van der Waals surface area contributed by atoms with Gasteiger partial charge in [-0.3, -0.25) is 0 Å². The van der Waals surface area contributed by atoms with E-state index in [9.17, 15) is 0 Å². The van der Waals surface area contributed by atoms with Gasteiger partial charge in [0.05, 0.1) is 11.4 Å². The summed E-state index contributed by atoms with van der Waals surface area (Å²) in [4.78, 5) is 0. The SMILES string of the molecule is Cc1ccc(N=Nc2ccccc2)c(N)c1C.[Na]. The van der Waals surface area contributed by atoms with Crippen LogP contribution >= 0.6 is 0 Å². The van der Waals surface area contributed by atoms with Crippen LogP contribution in [-0.4, -0.2) is 29.6 Å². The van der Waals surface area contributed by atoms with Gasteiger partial charge < -0.3 is 5.73 Å². The van der Waals surface area contributed by atoms with E-state index in [1.54, 1.807) is 0 Å². The van der Waals surface area contributed by atoms with Crippen LogP contribution in [0.3, 0.4) is 0 Å². The van der Waals surface area contributed by atoms with Crippen molar-refractivity contribution in [1.82, 2.24) is 0 Å². The molecule has 0 bridgehead atoms. The van der Waals surface area contributed by atoms with Crippen molar-refractivity contribution in [3.05, 3.63) is 53.6 Å². The maximum absolute atomic E-state index is 5.99. The van der Waals surface area contributed by atoms with Gasteiger partial charge in [-0.2, -0.15) is 5.11 Å². The molecule has 2 N–H and O–H groups in total. The number of hydrogen-bond donors (Lipinski definition) is 1. The number of nitrogens with two attached hydrogens (primary N) is 1. The Hall–Kier alpha value is -1.16. The summed E-state index contributed by atoms with van der Waals surface area (Å²) in [6.45, 7) is 4.02. The molecule has 2 aromatic carbocycles. The van der Waals surface area contributed by atoms with Gasteiger partial charge >= 0.3 is 0 Å². The molecule has 0 amide bonds. The number of azo groups is 1. The van der Waals surface area contributed by atoms with Gasteiger partial charge in [0.15, 0.2) is 0 Å². The third kappa shape index (κ3) is 3.42. The summed E-state index contributed by atoms with van der Waals surface area (Å²) in [5.41, 5.74) is 10.5. The van der Waals surface area contributed by atoms with Crippen molar-refractivity contribution in [2.45, 2.75) is 13.8 Å². The number of hydrogen-bond acceptors (Lipinski definition) is 3. The average molecular weight is 248 g/mol. The first kappa shape index (κ1) is 14.9. The van der Waals surface area contributed by atoms with E-state index >= 15 is 0 Å². The molecule has 2 aromatic rings. The predicted molar refractivity (Wildman–Crippen MR) is 76.7 cm³/mol. The molecule has 0 atom stereocenters. The summed E-state index contributed by atoms with van der Waals surface area (Å²) in [6.07, 6.45) is 0. The molecule has 0 spiro atoms. The third-order valence-corrected chi connectivity index (χ3v) is 2.79. The van der Waals surface area contributed by atoms with Crippen molar-refractivity contribution in [1.29, 1.82) is 0 Å². The van der Waals surface area contributed by atoms with Crippen molar-refractivity contribution in [2.24, 2.45) is 10.2 Å². The van der Waals surface area contributed by atoms with E-state index in [2.05, 4.69) is 10.2 Å². The van der Waals surface area contributed by atoms with Crippen molar-refractivity contribution >= 4 is 46.6 Å². The minimum absolute atomic E-state index is 0. The third-order valence-electron chi connectivity index (χ3n) is 2.79. The van der Waals surface area contributed by atoms with E-state index in [4.69, 9.17) is 5.73 Å². The van der Waals surface area contributed by atoms with Gasteiger partial charge in [-0.15, -0.1) is 5.11 Å². The van der Waals surface area contributed by atoms with Crippen LogP contribution in [0, 0.1) is 13.8 Å². The average Bonchev–Trinajstić information content (AvgIpc) is 2.36. The zero-order valence-electron chi connectivity index (χ0n) is 11.0. The van der Waals surface area contributed by atoms with Gasteiger partial charge in [-0.25, -0.2) is 0 Å². The molecule has 1 radical (unpaired) electrons. The second-order valence-electron chi connectivity index (χ2n) is 3.98.